The van der Waals surface area contributed by atoms with E-state index < -0.39 is 0 Å². The van der Waals surface area contributed by atoms with Crippen LogP contribution in [0.2, 0.25) is 0 Å². The van der Waals surface area contributed by atoms with Crippen LogP contribution in [-0.2, 0) is 12.8 Å². The minimum atomic E-state index is 0.197. The molecule has 2 N–H and O–H groups in total. The zero-order valence-corrected chi connectivity index (χ0v) is 12.5. The van der Waals surface area contributed by atoms with Crippen molar-refractivity contribution in [1.82, 2.24) is 0 Å². The van der Waals surface area contributed by atoms with E-state index in [-0.39, 0.29) is 6.04 Å². The highest BCUT2D eigenvalue weighted by molar-refractivity contribution is 5.37. The van der Waals surface area contributed by atoms with Crippen molar-refractivity contribution >= 4 is 0 Å². The molecule has 0 aromatic heterocycles. The summed E-state index contributed by atoms with van der Waals surface area (Å²) in [7, 11) is 0. The Labute approximate surface area is 127 Å². The third kappa shape index (κ3) is 2.51. The fourth-order valence-electron chi connectivity index (χ4n) is 3.90. The molecule has 3 unspecified atom stereocenters. The van der Waals surface area contributed by atoms with Crippen LogP contribution in [0.4, 0.5) is 0 Å². The van der Waals surface area contributed by atoms with Crippen molar-refractivity contribution in [2.75, 3.05) is 0 Å². The van der Waals surface area contributed by atoms with E-state index in [9.17, 15) is 0 Å². The quantitative estimate of drug-likeness (QED) is 0.886. The number of aryl methyl sites for hydroxylation is 2. The van der Waals surface area contributed by atoms with Crippen molar-refractivity contribution in [2.45, 2.75) is 44.1 Å². The monoisotopic (exact) mass is 277 g/mol. The van der Waals surface area contributed by atoms with E-state index in [4.69, 9.17) is 5.73 Å². The van der Waals surface area contributed by atoms with Gasteiger partial charge < -0.3 is 5.73 Å². The molecule has 2 aliphatic carbocycles. The molecule has 2 aliphatic rings. The van der Waals surface area contributed by atoms with Gasteiger partial charge in [-0.3, -0.25) is 0 Å². The molecule has 4 rings (SSSR count). The number of hydrogen-bond acceptors (Lipinski definition) is 1. The summed E-state index contributed by atoms with van der Waals surface area (Å²) < 4.78 is 0. The molecule has 1 nitrogen and oxygen atoms in total. The maximum Gasteiger partial charge on any atom is 0.0329 e. The summed E-state index contributed by atoms with van der Waals surface area (Å²) in [6.07, 6.45) is 6.41. The van der Waals surface area contributed by atoms with Gasteiger partial charge in [-0.1, -0.05) is 48.5 Å². The van der Waals surface area contributed by atoms with Gasteiger partial charge in [0.05, 0.1) is 0 Å². The highest BCUT2D eigenvalue weighted by atomic mass is 14.7. The van der Waals surface area contributed by atoms with Crippen molar-refractivity contribution in [1.29, 1.82) is 0 Å². The van der Waals surface area contributed by atoms with Crippen LogP contribution in [0.25, 0.3) is 0 Å². The minimum Gasteiger partial charge on any atom is -0.324 e. The molecule has 1 heteroatoms. The summed E-state index contributed by atoms with van der Waals surface area (Å²) in [6.45, 7) is 0. The molecule has 0 saturated heterocycles. The molecule has 2 aromatic rings. The Hall–Kier alpha value is -1.60. The average molecular weight is 277 g/mol. The van der Waals surface area contributed by atoms with Gasteiger partial charge in [0.2, 0.25) is 0 Å². The first kappa shape index (κ1) is 13.1. The third-order valence-corrected chi connectivity index (χ3v) is 5.29. The smallest absolute Gasteiger partial charge is 0.0329 e. The number of benzene rings is 2. The van der Waals surface area contributed by atoms with Crippen molar-refractivity contribution in [3.63, 3.8) is 0 Å². The molecule has 0 heterocycles. The van der Waals surface area contributed by atoms with Gasteiger partial charge in [0, 0.05) is 6.04 Å². The second-order valence-electron chi connectivity index (χ2n) is 6.68. The van der Waals surface area contributed by atoms with E-state index in [1.54, 1.807) is 11.1 Å². The van der Waals surface area contributed by atoms with Crippen LogP contribution < -0.4 is 5.73 Å². The average Bonchev–Trinajstić information content (AvgIpc) is 3.35. The summed E-state index contributed by atoms with van der Waals surface area (Å²) in [5.74, 6) is 1.28. The van der Waals surface area contributed by atoms with E-state index in [0.717, 1.165) is 0 Å². The number of hydrogen-bond donors (Lipinski definition) is 1. The van der Waals surface area contributed by atoms with Gasteiger partial charge in [-0.15, -0.1) is 0 Å². The highest BCUT2D eigenvalue weighted by Crippen LogP contribution is 2.53. The fraction of sp³-hybridized carbons (Fsp3) is 0.400. The summed E-state index contributed by atoms with van der Waals surface area (Å²) in [4.78, 5) is 0. The molecular formula is C20H23N. The lowest BCUT2D eigenvalue weighted by molar-refractivity contribution is 0.611. The molecule has 0 spiro atoms. The predicted molar refractivity (Wildman–Crippen MR) is 87.3 cm³/mol. The van der Waals surface area contributed by atoms with Gasteiger partial charge in [-0.2, -0.15) is 0 Å². The van der Waals surface area contributed by atoms with Crippen LogP contribution in [-0.4, -0.2) is 0 Å². The Morgan fingerprint density at radius 1 is 0.905 bits per heavy atom. The molecule has 0 amide bonds. The zero-order chi connectivity index (χ0) is 14.2. The van der Waals surface area contributed by atoms with Gasteiger partial charge in [0.1, 0.15) is 0 Å². The second-order valence-corrected chi connectivity index (χ2v) is 6.68. The normalized spacial score (nSPS) is 25.2. The first-order valence-corrected chi connectivity index (χ1v) is 8.25. The van der Waals surface area contributed by atoms with Crippen LogP contribution in [0, 0.1) is 5.92 Å². The summed E-state index contributed by atoms with van der Waals surface area (Å²) in [6, 6.07) is 18.0. The Bertz CT molecular complexity index is 632. The number of fused-ring (bicyclic) bond motifs is 1. The molecule has 3 atom stereocenters. The van der Waals surface area contributed by atoms with E-state index in [2.05, 4.69) is 48.5 Å². The lowest BCUT2D eigenvalue weighted by Gasteiger charge is -2.19. The SMILES string of the molecule is NC(c1ccc2c(c1)CCCC2)C1CC1c1ccccc1. The van der Waals surface area contributed by atoms with E-state index in [1.807, 2.05) is 0 Å². The van der Waals surface area contributed by atoms with Crippen molar-refractivity contribution in [3.05, 3.63) is 70.8 Å². The maximum atomic E-state index is 6.56. The van der Waals surface area contributed by atoms with Crippen molar-refractivity contribution in [2.24, 2.45) is 11.7 Å². The molecule has 0 bridgehead atoms. The third-order valence-electron chi connectivity index (χ3n) is 5.29. The molecule has 0 aliphatic heterocycles. The second kappa shape index (κ2) is 5.31. The molecule has 2 aromatic carbocycles. The zero-order valence-electron chi connectivity index (χ0n) is 12.5. The Morgan fingerprint density at radius 2 is 1.67 bits per heavy atom. The molecule has 1 saturated carbocycles. The van der Waals surface area contributed by atoms with Gasteiger partial charge in [0.15, 0.2) is 0 Å². The molecule has 1 fully saturated rings. The topological polar surface area (TPSA) is 26.0 Å². The van der Waals surface area contributed by atoms with E-state index in [1.165, 1.54) is 43.2 Å². The molecule has 21 heavy (non-hydrogen) atoms. The van der Waals surface area contributed by atoms with Crippen LogP contribution in [0.15, 0.2) is 48.5 Å². The van der Waals surface area contributed by atoms with Gasteiger partial charge in [-0.05, 0) is 66.2 Å². The summed E-state index contributed by atoms with van der Waals surface area (Å²) in [5, 5.41) is 0. The Kier molecular flexibility index (Phi) is 3.31. The van der Waals surface area contributed by atoms with Gasteiger partial charge >= 0.3 is 0 Å². The molecule has 0 radical (unpaired) electrons. The Morgan fingerprint density at radius 3 is 2.48 bits per heavy atom. The first-order valence-electron chi connectivity index (χ1n) is 8.25. The fourth-order valence-corrected chi connectivity index (χ4v) is 3.90. The van der Waals surface area contributed by atoms with Gasteiger partial charge in [-0.25, -0.2) is 0 Å². The van der Waals surface area contributed by atoms with Gasteiger partial charge in [0.25, 0.3) is 0 Å². The van der Waals surface area contributed by atoms with Crippen molar-refractivity contribution in [3.8, 4) is 0 Å². The first-order chi connectivity index (χ1) is 10.3. The molecular weight excluding hydrogens is 254 g/mol. The van der Waals surface area contributed by atoms with Crippen LogP contribution in [0.1, 0.15) is 53.5 Å². The lowest BCUT2D eigenvalue weighted by Crippen LogP contribution is -2.15. The highest BCUT2D eigenvalue weighted by Gasteiger charge is 2.42. The van der Waals surface area contributed by atoms with Crippen LogP contribution >= 0.6 is 0 Å². The predicted octanol–water partition coefficient (Wildman–Crippen LogP) is 4.37. The standard InChI is InChI=1S/C20H23N/c21-20(19-13-18(19)15-7-2-1-3-8-15)17-11-10-14-6-4-5-9-16(14)12-17/h1-3,7-8,10-12,18-20H,4-6,9,13,21H2. The van der Waals surface area contributed by atoms with Crippen LogP contribution in [0.5, 0.6) is 0 Å². The van der Waals surface area contributed by atoms with E-state index in [0.29, 0.717) is 11.8 Å². The summed E-state index contributed by atoms with van der Waals surface area (Å²) in [5.41, 5.74) is 12.5. The Balaban J connectivity index is 1.52. The number of rotatable bonds is 3. The van der Waals surface area contributed by atoms with Crippen molar-refractivity contribution < 1.29 is 0 Å². The number of nitrogens with two attached hydrogens (primary N) is 1. The molecule has 108 valence electrons. The van der Waals surface area contributed by atoms with Crippen LogP contribution in [0.3, 0.4) is 0 Å². The largest absolute Gasteiger partial charge is 0.324 e. The van der Waals surface area contributed by atoms with E-state index >= 15 is 0 Å². The lowest BCUT2D eigenvalue weighted by atomic mass is 9.88. The summed E-state index contributed by atoms with van der Waals surface area (Å²) >= 11 is 0. The minimum absolute atomic E-state index is 0.197. The maximum absolute atomic E-state index is 6.56.